The van der Waals surface area contributed by atoms with E-state index in [9.17, 15) is 9.67 Å². The van der Waals surface area contributed by atoms with Gasteiger partial charge in [-0.05, 0) is 43.2 Å². The summed E-state index contributed by atoms with van der Waals surface area (Å²) < 4.78 is 29.6. The smallest absolute Gasteiger partial charge is 0.379 e. The van der Waals surface area contributed by atoms with E-state index in [1.54, 1.807) is 43.3 Å². The number of hydrogen-bond donors (Lipinski definition) is 1. The zero-order valence-electron chi connectivity index (χ0n) is 14.7. The number of aliphatic hydroxyl groups excluding tert-OH is 1. The highest BCUT2D eigenvalue weighted by atomic mass is 31.2. The first-order valence-corrected chi connectivity index (χ1v) is 10.2. The molecule has 0 amide bonds. The molecule has 1 unspecified atom stereocenters. The summed E-state index contributed by atoms with van der Waals surface area (Å²) in [6, 6.07) is 14.2. The molecule has 1 N–H and O–H groups in total. The van der Waals surface area contributed by atoms with Crippen molar-refractivity contribution in [3.8, 4) is 17.2 Å². The average molecular weight is 364 g/mol. The van der Waals surface area contributed by atoms with Gasteiger partial charge in [0, 0.05) is 6.07 Å². The Labute approximate surface area is 149 Å². The lowest BCUT2D eigenvalue weighted by Gasteiger charge is -2.19. The van der Waals surface area contributed by atoms with Crippen molar-refractivity contribution in [2.45, 2.75) is 33.3 Å². The van der Waals surface area contributed by atoms with Crippen molar-refractivity contribution in [2.24, 2.45) is 0 Å². The molecule has 1 atom stereocenters. The largest absolute Gasteiger partial charge is 0.457 e. The molecule has 2 aromatic rings. The minimum absolute atomic E-state index is 0.0463. The van der Waals surface area contributed by atoms with E-state index in [-0.39, 0.29) is 6.61 Å². The topological polar surface area (TPSA) is 65.0 Å². The van der Waals surface area contributed by atoms with Gasteiger partial charge in [0.1, 0.15) is 17.2 Å². The molecule has 0 fully saturated rings. The minimum Gasteiger partial charge on any atom is -0.457 e. The predicted molar refractivity (Wildman–Crippen MR) is 98.5 cm³/mol. The van der Waals surface area contributed by atoms with Crippen LogP contribution in [0.15, 0.2) is 48.5 Å². The second-order valence-corrected chi connectivity index (χ2v) is 7.69. The molecule has 0 aliphatic rings. The van der Waals surface area contributed by atoms with Crippen molar-refractivity contribution in [1.82, 2.24) is 0 Å². The first kappa shape index (κ1) is 19.5. The summed E-state index contributed by atoms with van der Waals surface area (Å²) in [4.78, 5) is 0. The Hall–Kier alpha value is -1.81. The summed E-state index contributed by atoms with van der Waals surface area (Å²) in [5.41, 5.74) is 0.769. The molecule has 0 aliphatic carbocycles. The molecule has 0 bridgehead atoms. The maximum absolute atomic E-state index is 12.8. The number of hydrogen-bond acceptors (Lipinski definition) is 5. The van der Waals surface area contributed by atoms with E-state index < -0.39 is 7.60 Å². The van der Waals surface area contributed by atoms with E-state index in [2.05, 4.69) is 0 Å². The van der Waals surface area contributed by atoms with Gasteiger partial charge in [-0.2, -0.15) is 0 Å². The first-order valence-electron chi connectivity index (χ1n) is 8.49. The fourth-order valence-corrected chi connectivity index (χ4v) is 4.09. The van der Waals surface area contributed by atoms with Gasteiger partial charge in [0.2, 0.25) is 0 Å². The van der Waals surface area contributed by atoms with Gasteiger partial charge in [-0.15, -0.1) is 0 Å². The second-order valence-electron chi connectivity index (χ2n) is 5.58. The van der Waals surface area contributed by atoms with E-state index >= 15 is 0 Å². The number of benzene rings is 2. The molecular weight excluding hydrogens is 339 g/mol. The van der Waals surface area contributed by atoms with Crippen molar-refractivity contribution in [3.63, 3.8) is 0 Å². The summed E-state index contributed by atoms with van der Waals surface area (Å²) in [5, 5.41) is 9.20. The van der Waals surface area contributed by atoms with Crippen LogP contribution in [0.5, 0.6) is 17.2 Å². The van der Waals surface area contributed by atoms with Gasteiger partial charge in [-0.3, -0.25) is 0 Å². The van der Waals surface area contributed by atoms with E-state index in [4.69, 9.17) is 13.8 Å². The molecule has 0 aliphatic heterocycles. The number of ether oxygens (including phenoxy) is 1. The van der Waals surface area contributed by atoms with Crippen molar-refractivity contribution in [2.75, 3.05) is 12.8 Å². The third kappa shape index (κ3) is 6.20. The van der Waals surface area contributed by atoms with Gasteiger partial charge in [-0.25, -0.2) is 4.57 Å². The number of aliphatic hydroxyl groups is 1. The SMILES string of the molecule is CCCCP(=O)(OCC)Oc1cccc(Oc2cccc(CO)c2)c1. The van der Waals surface area contributed by atoms with Gasteiger partial charge in [0.25, 0.3) is 0 Å². The van der Waals surface area contributed by atoms with Gasteiger partial charge in [-0.1, -0.05) is 31.5 Å². The summed E-state index contributed by atoms with van der Waals surface area (Å²) in [5.74, 6) is 1.62. The maximum Gasteiger partial charge on any atom is 0.379 e. The van der Waals surface area contributed by atoms with Crippen molar-refractivity contribution < 1.29 is 23.5 Å². The highest BCUT2D eigenvalue weighted by Crippen LogP contribution is 2.49. The Bertz CT molecular complexity index is 716. The molecule has 0 saturated heterocycles. The van der Waals surface area contributed by atoms with Crippen LogP contribution in [0.25, 0.3) is 0 Å². The lowest BCUT2D eigenvalue weighted by molar-refractivity contribution is 0.278. The van der Waals surface area contributed by atoms with Crippen LogP contribution in [0.3, 0.4) is 0 Å². The van der Waals surface area contributed by atoms with Crippen LogP contribution in [0, 0.1) is 0 Å². The highest BCUT2D eigenvalue weighted by Gasteiger charge is 2.25. The Morgan fingerprint density at radius 2 is 1.68 bits per heavy atom. The van der Waals surface area contributed by atoms with Gasteiger partial charge in [0.15, 0.2) is 0 Å². The molecule has 0 aromatic heterocycles. The van der Waals surface area contributed by atoms with E-state index in [1.165, 1.54) is 0 Å². The fraction of sp³-hybridized carbons (Fsp3) is 0.368. The summed E-state index contributed by atoms with van der Waals surface area (Å²) in [7, 11) is -3.16. The zero-order chi connectivity index (χ0) is 18.1. The van der Waals surface area contributed by atoms with Crippen LogP contribution in [0.4, 0.5) is 0 Å². The van der Waals surface area contributed by atoms with Crippen molar-refractivity contribution >= 4 is 7.60 Å². The summed E-state index contributed by atoms with van der Waals surface area (Å²) in [6.45, 7) is 4.13. The van der Waals surface area contributed by atoms with Gasteiger partial charge in [0.05, 0.1) is 19.4 Å². The van der Waals surface area contributed by atoms with Crippen LogP contribution in [0.1, 0.15) is 32.3 Å². The predicted octanol–water partition coefficient (Wildman–Crippen LogP) is 5.38. The molecule has 0 saturated carbocycles. The van der Waals surface area contributed by atoms with E-state index in [0.717, 1.165) is 18.4 Å². The van der Waals surface area contributed by atoms with Crippen molar-refractivity contribution in [3.05, 3.63) is 54.1 Å². The maximum atomic E-state index is 12.8. The lowest BCUT2D eigenvalue weighted by Crippen LogP contribution is -2.02. The molecule has 136 valence electrons. The average Bonchev–Trinajstić information content (AvgIpc) is 2.60. The molecule has 2 rings (SSSR count). The summed E-state index contributed by atoms with van der Waals surface area (Å²) in [6.07, 6.45) is 2.09. The first-order chi connectivity index (χ1) is 12.1. The number of unbranched alkanes of at least 4 members (excludes halogenated alkanes) is 1. The molecule has 2 aromatic carbocycles. The third-order valence-corrected chi connectivity index (χ3v) is 5.48. The van der Waals surface area contributed by atoms with Crippen LogP contribution in [-0.4, -0.2) is 17.9 Å². The highest BCUT2D eigenvalue weighted by molar-refractivity contribution is 7.54. The van der Waals surface area contributed by atoms with Crippen molar-refractivity contribution in [1.29, 1.82) is 0 Å². The summed E-state index contributed by atoms with van der Waals surface area (Å²) >= 11 is 0. The van der Waals surface area contributed by atoms with Gasteiger partial charge < -0.3 is 18.9 Å². The van der Waals surface area contributed by atoms with E-state index in [0.29, 0.717) is 30.0 Å². The molecule has 6 heteroatoms. The molecule has 25 heavy (non-hydrogen) atoms. The molecular formula is C19H25O5P. The Balaban J connectivity index is 2.12. The normalized spacial score (nSPS) is 13.2. The van der Waals surface area contributed by atoms with E-state index in [1.807, 2.05) is 19.1 Å². The third-order valence-electron chi connectivity index (χ3n) is 3.48. The molecule has 0 spiro atoms. The Morgan fingerprint density at radius 1 is 1.00 bits per heavy atom. The van der Waals surface area contributed by atoms with Crippen LogP contribution in [-0.2, 0) is 15.7 Å². The zero-order valence-corrected chi connectivity index (χ0v) is 15.6. The fourth-order valence-electron chi connectivity index (χ4n) is 2.28. The van der Waals surface area contributed by atoms with Gasteiger partial charge >= 0.3 is 7.60 Å². The van der Waals surface area contributed by atoms with Crippen LogP contribution >= 0.6 is 7.60 Å². The minimum atomic E-state index is -3.16. The van der Waals surface area contributed by atoms with Crippen LogP contribution in [0.2, 0.25) is 0 Å². The quantitative estimate of drug-likeness (QED) is 0.573. The lowest BCUT2D eigenvalue weighted by atomic mass is 10.2. The molecule has 0 radical (unpaired) electrons. The monoisotopic (exact) mass is 364 g/mol. The standard InChI is InChI=1S/C19H25O5P/c1-3-5-12-25(21,22-4-2)24-19-11-7-10-18(14-19)23-17-9-6-8-16(13-17)15-20/h6-11,13-14,20H,3-5,12,15H2,1-2H3. The Morgan fingerprint density at radius 3 is 2.36 bits per heavy atom. The second kappa shape index (κ2) is 9.62. The number of rotatable bonds is 10. The Kier molecular flexibility index (Phi) is 7.51. The van der Waals surface area contributed by atoms with Crippen LogP contribution < -0.4 is 9.26 Å². The molecule has 0 heterocycles. The molecule has 5 nitrogen and oxygen atoms in total.